The summed E-state index contributed by atoms with van der Waals surface area (Å²) in [4.78, 5) is 25.4. The molecule has 1 atom stereocenters. The number of thiazole rings is 1. The molecule has 1 aliphatic heterocycles. The van der Waals surface area contributed by atoms with Gasteiger partial charge in [0.05, 0.1) is 44.6 Å². The minimum absolute atomic E-state index is 0.111. The number of carbonyl (C=O) groups excluding carboxylic acids is 1. The number of amides is 1. The highest BCUT2D eigenvalue weighted by atomic mass is 32.1. The van der Waals surface area contributed by atoms with E-state index < -0.39 is 5.60 Å². The van der Waals surface area contributed by atoms with Crippen LogP contribution in [0.3, 0.4) is 0 Å². The lowest BCUT2D eigenvalue weighted by Crippen LogP contribution is -2.33. The maximum Gasteiger partial charge on any atom is 0.255 e. The first kappa shape index (κ1) is 22.4. The lowest BCUT2D eigenvalue weighted by molar-refractivity contribution is -0.0146. The fourth-order valence-electron chi connectivity index (χ4n) is 4.02. The van der Waals surface area contributed by atoms with E-state index in [9.17, 15) is 4.79 Å². The molecule has 0 bridgehead atoms. The van der Waals surface area contributed by atoms with Crippen LogP contribution in [0.1, 0.15) is 42.7 Å². The Hall–Kier alpha value is -3.43. The van der Waals surface area contributed by atoms with Crippen LogP contribution in [0.4, 0.5) is 11.4 Å². The number of carbonyl (C=O) groups is 1. The van der Waals surface area contributed by atoms with Crippen molar-refractivity contribution in [1.82, 2.24) is 20.3 Å². The topological polar surface area (TPSA) is 101 Å². The molecule has 0 radical (unpaired) electrons. The summed E-state index contributed by atoms with van der Waals surface area (Å²) in [6, 6.07) is 7.88. The second-order valence-corrected chi connectivity index (χ2v) is 9.92. The van der Waals surface area contributed by atoms with Crippen molar-refractivity contribution in [3.63, 3.8) is 0 Å². The zero-order valence-corrected chi connectivity index (χ0v) is 20.4. The van der Waals surface area contributed by atoms with E-state index in [4.69, 9.17) is 9.47 Å². The second kappa shape index (κ2) is 8.73. The highest BCUT2D eigenvalue weighted by molar-refractivity contribution is 7.16. The van der Waals surface area contributed by atoms with Crippen LogP contribution >= 0.6 is 11.3 Å². The number of anilines is 2. The second-order valence-electron chi connectivity index (χ2n) is 9.03. The fourth-order valence-corrected chi connectivity index (χ4v) is 4.73. The number of pyridine rings is 1. The van der Waals surface area contributed by atoms with E-state index in [1.807, 2.05) is 43.6 Å². The molecule has 4 heterocycles. The lowest BCUT2D eigenvalue weighted by atomic mass is 9.98. The number of rotatable bonds is 7. The van der Waals surface area contributed by atoms with E-state index in [-0.39, 0.29) is 11.8 Å². The number of benzene rings is 1. The molecule has 4 aromatic rings. The minimum atomic E-state index is -0.460. The van der Waals surface area contributed by atoms with E-state index in [0.717, 1.165) is 32.9 Å². The molecule has 5 rings (SSSR count). The Kier molecular flexibility index (Phi) is 5.75. The Balaban J connectivity index is 1.65. The molecular formula is C25H27N5O3S. The summed E-state index contributed by atoms with van der Waals surface area (Å²) in [5.41, 5.74) is 6.85. The largest absolute Gasteiger partial charge is 0.488 e. The van der Waals surface area contributed by atoms with Crippen molar-refractivity contribution in [3.8, 4) is 17.0 Å². The molecule has 34 heavy (non-hydrogen) atoms. The Labute approximate surface area is 201 Å². The summed E-state index contributed by atoms with van der Waals surface area (Å²) in [6.45, 7) is 6.94. The molecule has 1 aliphatic rings. The number of nitrogens with one attached hydrogen (secondary N) is 3. The number of ether oxygens (including phenoxy) is 2. The Morgan fingerprint density at radius 3 is 2.97 bits per heavy atom. The molecule has 9 heteroatoms. The lowest BCUT2D eigenvalue weighted by Gasteiger charge is -2.23. The van der Waals surface area contributed by atoms with Gasteiger partial charge >= 0.3 is 0 Å². The number of hydrogen-bond donors (Lipinski definition) is 3. The molecule has 1 unspecified atom stereocenters. The van der Waals surface area contributed by atoms with Crippen molar-refractivity contribution in [2.24, 2.45) is 0 Å². The van der Waals surface area contributed by atoms with Gasteiger partial charge in [-0.2, -0.15) is 0 Å². The van der Waals surface area contributed by atoms with Crippen LogP contribution in [0.25, 0.3) is 21.5 Å². The Morgan fingerprint density at radius 2 is 2.15 bits per heavy atom. The highest BCUT2D eigenvalue weighted by Crippen LogP contribution is 2.43. The molecular weight excluding hydrogens is 450 g/mol. The third kappa shape index (κ3) is 4.01. The van der Waals surface area contributed by atoms with Gasteiger partial charge in [-0.15, -0.1) is 11.3 Å². The predicted molar refractivity (Wildman–Crippen MR) is 134 cm³/mol. The van der Waals surface area contributed by atoms with Gasteiger partial charge in [0.1, 0.15) is 17.9 Å². The zero-order valence-electron chi connectivity index (χ0n) is 19.6. The van der Waals surface area contributed by atoms with Crippen LogP contribution in [-0.2, 0) is 4.74 Å². The van der Waals surface area contributed by atoms with Gasteiger partial charge in [-0.25, -0.2) is 4.98 Å². The maximum absolute atomic E-state index is 13.0. The van der Waals surface area contributed by atoms with Crippen molar-refractivity contribution < 1.29 is 14.3 Å². The monoisotopic (exact) mass is 477 g/mol. The molecule has 3 aromatic heterocycles. The van der Waals surface area contributed by atoms with Gasteiger partial charge in [0.15, 0.2) is 0 Å². The molecule has 8 nitrogen and oxygen atoms in total. The average Bonchev–Trinajstić information content (AvgIpc) is 3.47. The summed E-state index contributed by atoms with van der Waals surface area (Å²) in [5, 5.41) is 6.53. The first-order chi connectivity index (χ1) is 16.4. The molecule has 0 aliphatic carbocycles. The molecule has 0 fully saturated rings. The molecule has 0 spiro atoms. The number of hydrogen-bond acceptors (Lipinski definition) is 7. The number of para-hydroxylation sites is 1. The van der Waals surface area contributed by atoms with Crippen molar-refractivity contribution in [1.29, 1.82) is 0 Å². The smallest absolute Gasteiger partial charge is 0.255 e. The van der Waals surface area contributed by atoms with Gasteiger partial charge in [-0.3, -0.25) is 9.78 Å². The summed E-state index contributed by atoms with van der Waals surface area (Å²) < 4.78 is 12.7. The van der Waals surface area contributed by atoms with E-state index in [1.165, 1.54) is 0 Å². The van der Waals surface area contributed by atoms with Crippen LogP contribution < -0.4 is 15.4 Å². The van der Waals surface area contributed by atoms with E-state index in [0.29, 0.717) is 30.2 Å². The van der Waals surface area contributed by atoms with Crippen LogP contribution in [0, 0.1) is 0 Å². The first-order valence-electron chi connectivity index (χ1n) is 11.1. The number of methoxy groups -OCH3 is 1. The standard InChI is InChI=1S/C25H27N5O3S/c1-14-10-27-24(31)19-20(14)30-21(15-8-9-26-11-17(15)33-12-25(2,3)32-4)23(19)29-16-6-5-7-18-22(16)28-13-34-18/h5-9,11,13-14,29-30H,10,12H2,1-4H3,(H,27,31). The SMILES string of the molecule is COC(C)(C)COc1cnccc1-c1[nH]c2c(c1Nc1cccc3scnc13)C(=O)NCC2C. The Bertz CT molecular complexity index is 1360. The van der Waals surface area contributed by atoms with Gasteiger partial charge < -0.3 is 25.1 Å². The van der Waals surface area contributed by atoms with Crippen LogP contribution in [0.5, 0.6) is 5.75 Å². The summed E-state index contributed by atoms with van der Waals surface area (Å²) in [6.07, 6.45) is 3.41. The average molecular weight is 478 g/mol. The van der Waals surface area contributed by atoms with E-state index in [2.05, 4.69) is 32.5 Å². The fraction of sp³-hybridized carbons (Fsp3) is 0.320. The van der Waals surface area contributed by atoms with Crippen molar-refractivity contribution >= 4 is 38.8 Å². The molecule has 1 aromatic carbocycles. The van der Waals surface area contributed by atoms with Crippen LogP contribution in [0.2, 0.25) is 0 Å². The minimum Gasteiger partial charge on any atom is -0.488 e. The van der Waals surface area contributed by atoms with E-state index in [1.54, 1.807) is 30.8 Å². The maximum atomic E-state index is 13.0. The van der Waals surface area contributed by atoms with E-state index >= 15 is 0 Å². The number of fused-ring (bicyclic) bond motifs is 2. The normalized spacial score (nSPS) is 15.8. The molecule has 0 saturated heterocycles. The Morgan fingerprint density at radius 1 is 1.29 bits per heavy atom. The number of nitrogens with zero attached hydrogens (tertiary/aromatic N) is 2. The third-order valence-corrected chi connectivity index (χ3v) is 6.91. The van der Waals surface area contributed by atoms with Gasteiger partial charge in [0.2, 0.25) is 0 Å². The van der Waals surface area contributed by atoms with Crippen molar-refractivity contribution in [3.05, 3.63) is 53.4 Å². The predicted octanol–water partition coefficient (Wildman–Crippen LogP) is 5.08. The van der Waals surface area contributed by atoms with Crippen LogP contribution in [-0.4, -0.2) is 46.7 Å². The van der Waals surface area contributed by atoms with Gasteiger partial charge in [-0.1, -0.05) is 13.0 Å². The van der Waals surface area contributed by atoms with Crippen molar-refractivity contribution in [2.75, 3.05) is 25.6 Å². The molecule has 176 valence electrons. The third-order valence-electron chi connectivity index (χ3n) is 6.12. The van der Waals surface area contributed by atoms with Crippen molar-refractivity contribution in [2.45, 2.75) is 32.3 Å². The first-order valence-corrected chi connectivity index (χ1v) is 12.0. The summed E-state index contributed by atoms with van der Waals surface area (Å²) in [5.74, 6) is 0.630. The summed E-state index contributed by atoms with van der Waals surface area (Å²) in [7, 11) is 1.66. The number of H-pyrrole nitrogens is 1. The molecule has 1 amide bonds. The van der Waals surface area contributed by atoms with Gasteiger partial charge in [-0.05, 0) is 32.0 Å². The quantitative estimate of drug-likeness (QED) is 0.343. The summed E-state index contributed by atoms with van der Waals surface area (Å²) >= 11 is 1.58. The van der Waals surface area contributed by atoms with Gasteiger partial charge in [0, 0.05) is 37.0 Å². The highest BCUT2D eigenvalue weighted by Gasteiger charge is 2.32. The van der Waals surface area contributed by atoms with Crippen LogP contribution in [0.15, 0.2) is 42.2 Å². The molecule has 3 N–H and O–H groups in total. The van der Waals surface area contributed by atoms with Gasteiger partial charge in [0.25, 0.3) is 5.91 Å². The molecule has 0 saturated carbocycles. The zero-order chi connectivity index (χ0) is 23.9. The number of aromatic amines is 1. The number of aromatic nitrogens is 3.